The lowest BCUT2D eigenvalue weighted by Gasteiger charge is -2.32. The number of nitrogens with zero attached hydrogens (tertiary/aromatic N) is 2. The summed E-state index contributed by atoms with van der Waals surface area (Å²) in [6.07, 6.45) is 7.61. The molecule has 3 fully saturated rings. The maximum absolute atomic E-state index is 14.7. The number of carboxylic acids is 1. The maximum Gasteiger partial charge on any atom is 0.303 e. The minimum atomic E-state index is -1.21. The summed E-state index contributed by atoms with van der Waals surface area (Å²) in [6, 6.07) is 11.0. The van der Waals surface area contributed by atoms with E-state index in [1.54, 1.807) is 36.5 Å². The lowest BCUT2D eigenvalue weighted by Crippen LogP contribution is -2.59. The highest BCUT2D eigenvalue weighted by Gasteiger charge is 2.41. The van der Waals surface area contributed by atoms with Gasteiger partial charge in [-0.25, -0.2) is 0 Å². The number of nitrogens with two attached hydrogens (primary N) is 2. The molecule has 2 saturated heterocycles. The number of nitrogens with one attached hydrogen (secondary N) is 6. The minimum absolute atomic E-state index is 0.0220. The normalized spacial score (nSPS) is 22.8. The SMILES string of the molecule is NC(N)=NCCC[C@@H]1CC(=O)[C@H](Cc2c[nH]c3ccccc23)NC(=O)[C@@H](CC2CCCCC2)NC(=O)[C@@H]2CCCN2C(=O)[C@@H](NC(=O)[C@H](Cc2ccccc2)NC(=O)CCC(=O)O)CCCNC1=O. The molecule has 6 rings (SSSR count). The van der Waals surface area contributed by atoms with Gasteiger partial charge in [0.25, 0.3) is 0 Å². The van der Waals surface area contributed by atoms with Gasteiger partial charge in [-0.15, -0.1) is 0 Å². The van der Waals surface area contributed by atoms with Crippen molar-refractivity contribution in [3.05, 3.63) is 71.9 Å². The Kier molecular flexibility index (Phi) is 19.1. The molecule has 2 aliphatic heterocycles. The first-order valence-corrected chi connectivity index (χ1v) is 24.4. The third-order valence-electron chi connectivity index (χ3n) is 13.5. The predicted molar refractivity (Wildman–Crippen MR) is 258 cm³/mol. The van der Waals surface area contributed by atoms with E-state index in [1.807, 2.05) is 24.3 Å². The van der Waals surface area contributed by atoms with Crippen molar-refractivity contribution in [2.75, 3.05) is 19.6 Å². The van der Waals surface area contributed by atoms with Crippen molar-refractivity contribution in [3.8, 4) is 0 Å². The van der Waals surface area contributed by atoms with E-state index >= 15 is 0 Å². The Labute approximate surface area is 402 Å². The van der Waals surface area contributed by atoms with Crippen LogP contribution in [0.2, 0.25) is 0 Å². The highest BCUT2D eigenvalue weighted by atomic mass is 16.4. The smallest absolute Gasteiger partial charge is 0.303 e. The fourth-order valence-electron chi connectivity index (χ4n) is 9.79. The number of H-pyrrole nitrogens is 1. The van der Waals surface area contributed by atoms with E-state index in [0.717, 1.165) is 48.6 Å². The van der Waals surface area contributed by atoms with E-state index in [1.165, 1.54) is 4.90 Å². The van der Waals surface area contributed by atoms with E-state index in [9.17, 15) is 43.5 Å². The molecule has 0 unspecified atom stereocenters. The second-order valence-electron chi connectivity index (χ2n) is 18.6. The van der Waals surface area contributed by atoms with Crippen molar-refractivity contribution in [1.82, 2.24) is 36.5 Å². The van der Waals surface area contributed by atoms with Crippen molar-refractivity contribution in [2.24, 2.45) is 28.3 Å². The molecule has 6 atom stereocenters. The first kappa shape index (κ1) is 51.6. The third kappa shape index (κ3) is 15.4. The van der Waals surface area contributed by atoms with E-state index in [0.29, 0.717) is 31.2 Å². The maximum atomic E-state index is 14.7. The average molecular weight is 953 g/mol. The molecule has 3 aliphatic rings. The standard InChI is InChI=1S/C50H68N10O9/c51-50(52)54-24-9-16-33-29-42(61)38(28-34-30-55-36-18-8-7-17-35(34)36)58-47(67)40(27-32-14-5-2-6-15-32)59-48(68)41-20-11-25-60(41)49(69)37(19-10-23-53-45(33)65)57-46(66)39(26-31-12-3-1-4-13-31)56-43(62)21-22-44(63)64/h1,3-4,7-8,12-13,17-18,30,32-33,37-41,55H,2,5-6,9-11,14-16,19-29H2,(H,53,65)(H,56,62)(H,57,66)(H,58,67)(H,59,68)(H,63,64)(H4,51,52,54)/t33-,37+,38+,39+,40-,41+/m1/s1. The Balaban J connectivity index is 1.31. The number of aromatic nitrogens is 1. The number of para-hydroxylation sites is 1. The zero-order valence-electron chi connectivity index (χ0n) is 39.2. The number of rotatable bonds is 16. The first-order chi connectivity index (χ1) is 33.2. The third-order valence-corrected chi connectivity index (χ3v) is 13.5. The summed E-state index contributed by atoms with van der Waals surface area (Å²) in [6.45, 7) is 0.463. The lowest BCUT2D eigenvalue weighted by atomic mass is 9.84. The number of ketones is 1. The highest BCUT2D eigenvalue weighted by molar-refractivity contribution is 5.98. The molecule has 1 aromatic heterocycles. The monoisotopic (exact) mass is 953 g/mol. The molecule has 2 aromatic carbocycles. The van der Waals surface area contributed by atoms with Gasteiger partial charge >= 0.3 is 5.97 Å². The lowest BCUT2D eigenvalue weighted by molar-refractivity contribution is -0.143. The van der Waals surface area contributed by atoms with Gasteiger partial charge in [-0.2, -0.15) is 0 Å². The van der Waals surface area contributed by atoms with E-state index in [4.69, 9.17) is 11.5 Å². The number of aliphatic imine (C=N–C) groups is 1. The Hall–Kier alpha value is -6.79. The number of carboxylic acid groups (broad SMARTS) is 1. The van der Waals surface area contributed by atoms with Gasteiger partial charge in [0.1, 0.15) is 24.2 Å². The summed E-state index contributed by atoms with van der Waals surface area (Å²) in [5.41, 5.74) is 13.5. The van der Waals surface area contributed by atoms with Gasteiger partial charge in [-0.3, -0.25) is 43.3 Å². The molecular formula is C50H68N10O9. The number of hydrogen-bond acceptors (Lipinski definition) is 9. The van der Waals surface area contributed by atoms with E-state index in [2.05, 4.69) is 36.6 Å². The number of aromatic amines is 1. The number of hydrogen-bond donors (Lipinski definition) is 9. The molecule has 19 nitrogen and oxygen atoms in total. The second kappa shape index (κ2) is 25.5. The van der Waals surface area contributed by atoms with Crippen molar-refractivity contribution in [2.45, 2.75) is 139 Å². The van der Waals surface area contributed by atoms with E-state index in [-0.39, 0.29) is 82.2 Å². The number of carbonyl (C=O) groups is 8. The number of carbonyl (C=O) groups excluding carboxylic acids is 7. The average Bonchev–Trinajstić information content (AvgIpc) is 4.00. The van der Waals surface area contributed by atoms with Gasteiger partial charge in [-0.1, -0.05) is 80.6 Å². The number of benzene rings is 2. The van der Waals surface area contributed by atoms with Gasteiger partial charge in [-0.05, 0) is 68.1 Å². The molecule has 1 aliphatic carbocycles. The summed E-state index contributed by atoms with van der Waals surface area (Å²) < 4.78 is 0. The van der Waals surface area contributed by atoms with Crippen LogP contribution in [0.4, 0.5) is 0 Å². The van der Waals surface area contributed by atoms with Crippen LogP contribution in [-0.2, 0) is 51.2 Å². The molecule has 6 amide bonds. The minimum Gasteiger partial charge on any atom is -0.481 e. The molecule has 3 aromatic rings. The number of amides is 6. The van der Waals surface area contributed by atoms with Gasteiger partial charge in [0.05, 0.1) is 12.5 Å². The van der Waals surface area contributed by atoms with Crippen LogP contribution in [-0.4, -0.2) is 118 Å². The van der Waals surface area contributed by atoms with Crippen LogP contribution in [0.3, 0.4) is 0 Å². The van der Waals surface area contributed by atoms with Crippen LogP contribution in [0, 0.1) is 11.8 Å². The molecule has 11 N–H and O–H groups in total. The van der Waals surface area contributed by atoms with Crippen LogP contribution in [0.15, 0.2) is 65.8 Å². The molecule has 0 radical (unpaired) electrons. The summed E-state index contributed by atoms with van der Waals surface area (Å²) in [4.78, 5) is 120. The molecule has 1 saturated carbocycles. The van der Waals surface area contributed by atoms with Gasteiger partial charge in [0.15, 0.2) is 11.7 Å². The number of guanidine groups is 1. The fraction of sp³-hybridized carbons (Fsp3) is 0.540. The Bertz CT molecular complexity index is 2310. The quantitative estimate of drug-likeness (QED) is 0.0570. The summed E-state index contributed by atoms with van der Waals surface area (Å²) in [5.74, 6) is -5.77. The van der Waals surface area contributed by atoms with Crippen LogP contribution in [0.1, 0.15) is 107 Å². The molecular weight excluding hydrogens is 885 g/mol. The highest BCUT2D eigenvalue weighted by Crippen LogP contribution is 2.29. The van der Waals surface area contributed by atoms with Gasteiger partial charge in [0.2, 0.25) is 35.4 Å². The zero-order chi connectivity index (χ0) is 49.3. The Morgan fingerprint density at radius 1 is 0.826 bits per heavy atom. The van der Waals surface area contributed by atoms with Crippen LogP contribution >= 0.6 is 0 Å². The molecule has 372 valence electrons. The van der Waals surface area contributed by atoms with Crippen molar-refractivity contribution >= 4 is 64.1 Å². The summed E-state index contributed by atoms with van der Waals surface area (Å²) in [7, 11) is 0. The molecule has 3 heterocycles. The summed E-state index contributed by atoms with van der Waals surface area (Å²) >= 11 is 0. The molecule has 0 bridgehead atoms. The van der Waals surface area contributed by atoms with Crippen molar-refractivity contribution < 1.29 is 43.5 Å². The Morgan fingerprint density at radius 3 is 2.32 bits per heavy atom. The number of fused-ring (bicyclic) bond motifs is 2. The van der Waals surface area contributed by atoms with Crippen molar-refractivity contribution in [1.29, 1.82) is 0 Å². The Morgan fingerprint density at radius 2 is 1.57 bits per heavy atom. The molecule has 0 spiro atoms. The predicted octanol–water partition coefficient (Wildman–Crippen LogP) is 2.26. The van der Waals surface area contributed by atoms with Gasteiger partial charge < -0.3 is 53.0 Å². The molecule has 69 heavy (non-hydrogen) atoms. The van der Waals surface area contributed by atoms with Gasteiger partial charge in [0, 0.05) is 68.3 Å². The van der Waals surface area contributed by atoms with Crippen molar-refractivity contribution in [3.63, 3.8) is 0 Å². The number of aliphatic carboxylic acids is 1. The molecule has 19 heteroatoms. The summed E-state index contributed by atoms with van der Waals surface area (Å²) in [5, 5.41) is 24.5. The topological polar surface area (TPSA) is 300 Å². The fourth-order valence-corrected chi connectivity index (χ4v) is 9.79. The van der Waals surface area contributed by atoms with E-state index < -0.39 is 84.0 Å². The van der Waals surface area contributed by atoms with Crippen LogP contribution < -0.4 is 38.1 Å². The zero-order valence-corrected chi connectivity index (χ0v) is 39.2. The second-order valence-corrected chi connectivity index (χ2v) is 18.6. The largest absolute Gasteiger partial charge is 0.481 e. The van der Waals surface area contributed by atoms with Crippen LogP contribution in [0.5, 0.6) is 0 Å². The number of Topliss-reactive ketones (excluding diaryl/α,β-unsaturated/α-hetero) is 1. The van der Waals surface area contributed by atoms with Crippen LogP contribution in [0.25, 0.3) is 10.9 Å². The first-order valence-electron chi connectivity index (χ1n) is 24.4.